The lowest BCUT2D eigenvalue weighted by molar-refractivity contribution is -0.00341. The highest BCUT2D eigenvalue weighted by Crippen LogP contribution is 2.41. The zero-order valence-corrected chi connectivity index (χ0v) is 11.1. The van der Waals surface area contributed by atoms with Crippen molar-refractivity contribution in [3.05, 3.63) is 0 Å². The van der Waals surface area contributed by atoms with Gasteiger partial charge in [-0.15, -0.1) is 0 Å². The molecule has 0 aromatic rings. The van der Waals surface area contributed by atoms with Gasteiger partial charge in [0.15, 0.2) is 0 Å². The van der Waals surface area contributed by atoms with E-state index < -0.39 is 0 Å². The molecular formula is C15H27NO. The average Bonchev–Trinajstić information content (AvgIpc) is 2.62. The Morgan fingerprint density at radius 1 is 0.882 bits per heavy atom. The molecule has 0 aromatic carbocycles. The molecule has 3 fully saturated rings. The van der Waals surface area contributed by atoms with Crippen LogP contribution in [0.3, 0.4) is 0 Å². The van der Waals surface area contributed by atoms with E-state index in [1.807, 2.05) is 0 Å². The van der Waals surface area contributed by atoms with Gasteiger partial charge in [-0.2, -0.15) is 0 Å². The molecule has 2 heteroatoms. The van der Waals surface area contributed by atoms with Gasteiger partial charge in [-0.25, -0.2) is 0 Å². The van der Waals surface area contributed by atoms with Gasteiger partial charge in [0.05, 0.1) is 6.10 Å². The van der Waals surface area contributed by atoms with Crippen LogP contribution in [0.25, 0.3) is 0 Å². The summed E-state index contributed by atoms with van der Waals surface area (Å²) < 4.78 is 0. The molecule has 0 radical (unpaired) electrons. The monoisotopic (exact) mass is 237 g/mol. The van der Waals surface area contributed by atoms with Crippen molar-refractivity contribution < 1.29 is 5.11 Å². The van der Waals surface area contributed by atoms with E-state index >= 15 is 0 Å². The third kappa shape index (κ3) is 2.26. The highest BCUT2D eigenvalue weighted by molar-refractivity contribution is 4.98. The van der Waals surface area contributed by atoms with Gasteiger partial charge in [-0.3, -0.25) is 4.90 Å². The molecule has 1 N–H and O–H groups in total. The molecule has 2 unspecified atom stereocenters. The van der Waals surface area contributed by atoms with Crippen molar-refractivity contribution in [3.8, 4) is 0 Å². The van der Waals surface area contributed by atoms with Gasteiger partial charge in [0.2, 0.25) is 0 Å². The number of hydrogen-bond donors (Lipinski definition) is 1. The predicted octanol–water partition coefficient (Wildman–Crippen LogP) is 2.94. The molecule has 2 atom stereocenters. The number of aliphatic hydroxyl groups is 1. The number of aliphatic hydroxyl groups excluding tert-OH is 1. The summed E-state index contributed by atoms with van der Waals surface area (Å²) in [5.74, 6) is 0.999. The molecule has 1 aliphatic carbocycles. The fourth-order valence-electron chi connectivity index (χ4n) is 4.63. The van der Waals surface area contributed by atoms with Crippen molar-refractivity contribution in [2.75, 3.05) is 0 Å². The molecule has 0 amide bonds. The van der Waals surface area contributed by atoms with Crippen molar-refractivity contribution in [2.45, 2.75) is 88.9 Å². The van der Waals surface area contributed by atoms with Gasteiger partial charge >= 0.3 is 0 Å². The van der Waals surface area contributed by atoms with E-state index in [9.17, 15) is 5.11 Å². The van der Waals surface area contributed by atoms with E-state index in [1.165, 1.54) is 44.9 Å². The smallest absolute Gasteiger partial charge is 0.0570 e. The molecule has 3 aliphatic rings. The van der Waals surface area contributed by atoms with Crippen LogP contribution in [0, 0.1) is 5.92 Å². The zero-order chi connectivity index (χ0) is 11.8. The van der Waals surface area contributed by atoms with Crippen molar-refractivity contribution >= 4 is 0 Å². The first kappa shape index (κ1) is 12.0. The summed E-state index contributed by atoms with van der Waals surface area (Å²) in [4.78, 5) is 2.82. The van der Waals surface area contributed by atoms with Crippen molar-refractivity contribution in [1.82, 2.24) is 4.90 Å². The van der Waals surface area contributed by atoms with E-state index in [0.717, 1.165) is 24.8 Å². The fraction of sp³-hybridized carbons (Fsp3) is 1.00. The summed E-state index contributed by atoms with van der Waals surface area (Å²) in [5, 5.41) is 9.86. The second-order valence-electron chi connectivity index (χ2n) is 6.54. The van der Waals surface area contributed by atoms with Gasteiger partial charge in [0, 0.05) is 18.1 Å². The van der Waals surface area contributed by atoms with Crippen LogP contribution in [0.5, 0.6) is 0 Å². The summed E-state index contributed by atoms with van der Waals surface area (Å²) in [7, 11) is 0. The minimum Gasteiger partial charge on any atom is -0.393 e. The molecule has 2 saturated heterocycles. The maximum atomic E-state index is 9.86. The Morgan fingerprint density at radius 2 is 1.41 bits per heavy atom. The standard InChI is InChI=1S/C15H27NO/c1-2-11-3-5-12(6-4-11)16-13-7-8-14(16)10-15(17)9-13/h11-15,17H,2-10H2,1H3. The van der Waals surface area contributed by atoms with Crippen LogP contribution in [0.15, 0.2) is 0 Å². The van der Waals surface area contributed by atoms with E-state index in [0.29, 0.717) is 12.1 Å². The number of rotatable bonds is 2. The lowest BCUT2D eigenvalue weighted by atomic mass is 9.82. The Hall–Kier alpha value is -0.0800. The largest absolute Gasteiger partial charge is 0.393 e. The van der Waals surface area contributed by atoms with E-state index in [1.54, 1.807) is 0 Å². The van der Waals surface area contributed by atoms with Crippen LogP contribution in [0.2, 0.25) is 0 Å². The molecular weight excluding hydrogens is 210 g/mol. The van der Waals surface area contributed by atoms with Gasteiger partial charge in [-0.1, -0.05) is 13.3 Å². The summed E-state index contributed by atoms with van der Waals surface area (Å²) >= 11 is 0. The molecule has 3 rings (SSSR count). The van der Waals surface area contributed by atoms with E-state index in [-0.39, 0.29) is 6.10 Å². The first-order valence-electron chi connectivity index (χ1n) is 7.73. The molecule has 1 saturated carbocycles. The fourth-order valence-corrected chi connectivity index (χ4v) is 4.63. The highest BCUT2D eigenvalue weighted by Gasteiger charge is 2.43. The molecule has 0 aromatic heterocycles. The van der Waals surface area contributed by atoms with E-state index in [2.05, 4.69) is 11.8 Å². The lowest BCUT2D eigenvalue weighted by Gasteiger charge is -2.45. The topological polar surface area (TPSA) is 23.5 Å². The van der Waals surface area contributed by atoms with Crippen LogP contribution in [-0.4, -0.2) is 34.2 Å². The molecule has 98 valence electrons. The summed E-state index contributed by atoms with van der Waals surface area (Å²) in [5.41, 5.74) is 0. The van der Waals surface area contributed by atoms with Crippen LogP contribution in [-0.2, 0) is 0 Å². The SMILES string of the molecule is CCC1CCC(N2C3CCC2CC(O)C3)CC1. The first-order valence-corrected chi connectivity index (χ1v) is 7.73. The summed E-state index contributed by atoms with van der Waals surface area (Å²) in [6.45, 7) is 2.34. The van der Waals surface area contributed by atoms with E-state index in [4.69, 9.17) is 0 Å². The molecule has 2 aliphatic heterocycles. The number of fused-ring (bicyclic) bond motifs is 2. The Balaban J connectivity index is 1.62. The van der Waals surface area contributed by atoms with Crippen LogP contribution in [0.1, 0.15) is 64.7 Å². The molecule has 2 nitrogen and oxygen atoms in total. The normalized spacial score (nSPS) is 47.3. The zero-order valence-electron chi connectivity index (χ0n) is 11.1. The van der Waals surface area contributed by atoms with Crippen molar-refractivity contribution in [2.24, 2.45) is 5.92 Å². The Morgan fingerprint density at radius 3 is 1.94 bits per heavy atom. The maximum absolute atomic E-state index is 9.86. The minimum absolute atomic E-state index is 0.00395. The highest BCUT2D eigenvalue weighted by atomic mass is 16.3. The maximum Gasteiger partial charge on any atom is 0.0570 e. The molecule has 2 heterocycles. The first-order chi connectivity index (χ1) is 8.28. The number of piperidine rings is 1. The van der Waals surface area contributed by atoms with Crippen LogP contribution < -0.4 is 0 Å². The molecule has 2 bridgehead atoms. The minimum atomic E-state index is -0.00395. The second-order valence-corrected chi connectivity index (χ2v) is 6.54. The average molecular weight is 237 g/mol. The number of hydrogen-bond acceptors (Lipinski definition) is 2. The Kier molecular flexibility index (Phi) is 3.45. The van der Waals surface area contributed by atoms with Gasteiger partial charge < -0.3 is 5.11 Å². The van der Waals surface area contributed by atoms with Crippen molar-refractivity contribution in [1.29, 1.82) is 0 Å². The number of nitrogens with zero attached hydrogens (tertiary/aromatic N) is 1. The Bertz CT molecular complexity index is 246. The summed E-state index contributed by atoms with van der Waals surface area (Å²) in [6, 6.07) is 2.28. The molecule has 0 spiro atoms. The molecule has 17 heavy (non-hydrogen) atoms. The van der Waals surface area contributed by atoms with Gasteiger partial charge in [0.1, 0.15) is 0 Å². The van der Waals surface area contributed by atoms with Crippen LogP contribution in [0.4, 0.5) is 0 Å². The second kappa shape index (κ2) is 4.89. The van der Waals surface area contributed by atoms with Crippen LogP contribution >= 0.6 is 0 Å². The predicted molar refractivity (Wildman–Crippen MR) is 69.9 cm³/mol. The summed E-state index contributed by atoms with van der Waals surface area (Å²) in [6.07, 6.45) is 11.9. The van der Waals surface area contributed by atoms with Crippen molar-refractivity contribution in [3.63, 3.8) is 0 Å². The quantitative estimate of drug-likeness (QED) is 0.798. The van der Waals surface area contributed by atoms with Gasteiger partial charge in [0.25, 0.3) is 0 Å². The Labute approximate surface area is 105 Å². The third-order valence-corrected chi connectivity index (χ3v) is 5.58. The van der Waals surface area contributed by atoms with Gasteiger partial charge in [-0.05, 0) is 57.3 Å². The lowest BCUT2D eigenvalue weighted by Crippen LogP contribution is -2.51. The third-order valence-electron chi connectivity index (χ3n) is 5.58.